The maximum atomic E-state index is 11.8. The Labute approximate surface area is 91.9 Å². The molecule has 17 heavy (non-hydrogen) atoms. The van der Waals surface area contributed by atoms with E-state index in [0.29, 0.717) is 0 Å². The number of phenols is 1. The van der Waals surface area contributed by atoms with E-state index in [2.05, 4.69) is 4.74 Å². The van der Waals surface area contributed by atoms with Crippen molar-refractivity contribution in [3.8, 4) is 11.5 Å². The topological polar surface area (TPSA) is 58.6 Å². The molecular weight excluding hydrogens is 273 g/mol. The first-order chi connectivity index (χ1) is 7.34. The predicted molar refractivity (Wildman–Crippen MR) is 50.4 cm³/mol. The molecule has 0 fully saturated rings. The van der Waals surface area contributed by atoms with Crippen LogP contribution in [-0.2, 0) is 0 Å². The number of carbonyl (C=O) groups excluding carboxylic acids is 1. The van der Waals surface area contributed by atoms with Gasteiger partial charge in [-0.2, -0.15) is 4.72 Å². The summed E-state index contributed by atoms with van der Waals surface area (Å²) in [5.41, 5.74) is 0. The highest BCUT2D eigenvalue weighted by molar-refractivity contribution is 8.44. The molecule has 1 aromatic carbocycles. The lowest BCUT2D eigenvalue weighted by Gasteiger charge is -2.39. The fourth-order valence-electron chi connectivity index (χ4n) is 0.800. The van der Waals surface area contributed by atoms with Gasteiger partial charge in [-0.15, -0.1) is 0 Å². The van der Waals surface area contributed by atoms with E-state index in [0.717, 1.165) is 24.3 Å². The van der Waals surface area contributed by atoms with E-state index < -0.39 is 27.0 Å². The quantitative estimate of drug-likeness (QED) is 0.811. The average molecular weight is 279 g/mol. The zero-order chi connectivity index (χ0) is 13.4. The molecule has 0 heterocycles. The minimum atomic E-state index is -10.1. The highest BCUT2D eigenvalue weighted by atomic mass is 32.5. The molecule has 0 aliphatic rings. The standard InChI is InChI=1S/C7H6F5NO3S/c8-17(9,10,11,12)13-7(15)16-6-3-1-5(14)2-4-6/h1-4,14H,(H,13,15). The van der Waals surface area contributed by atoms with Crippen LogP contribution in [0.5, 0.6) is 11.5 Å². The molecule has 2 N–H and O–H groups in total. The van der Waals surface area contributed by atoms with E-state index >= 15 is 0 Å². The molecular formula is C7H6F5NO3S. The minimum absolute atomic E-state index is 0.231. The van der Waals surface area contributed by atoms with Gasteiger partial charge in [-0.05, 0) is 24.3 Å². The Balaban J connectivity index is 2.73. The predicted octanol–water partition coefficient (Wildman–Crippen LogP) is 3.69. The first kappa shape index (κ1) is 13.4. The van der Waals surface area contributed by atoms with E-state index in [-0.39, 0.29) is 5.75 Å². The first-order valence-corrected chi connectivity index (χ1v) is 5.83. The summed E-state index contributed by atoms with van der Waals surface area (Å²) in [6.45, 7) is 0. The van der Waals surface area contributed by atoms with Crippen LogP contribution in [0.25, 0.3) is 0 Å². The maximum absolute atomic E-state index is 11.8. The molecule has 1 amide bonds. The minimum Gasteiger partial charge on any atom is -0.508 e. The van der Waals surface area contributed by atoms with Crippen molar-refractivity contribution in [2.75, 3.05) is 0 Å². The SMILES string of the molecule is O=C(NS(F)(F)(F)(F)F)Oc1ccc(O)cc1. The molecule has 1 aromatic rings. The molecule has 0 spiro atoms. The van der Waals surface area contributed by atoms with Crippen LogP contribution in [0.3, 0.4) is 0 Å². The smallest absolute Gasteiger partial charge is 0.429 e. The molecule has 0 saturated heterocycles. The van der Waals surface area contributed by atoms with Gasteiger partial charge in [0.05, 0.1) is 0 Å². The lowest BCUT2D eigenvalue weighted by molar-refractivity contribution is 0.200. The molecule has 98 valence electrons. The van der Waals surface area contributed by atoms with Crippen LogP contribution in [0.1, 0.15) is 0 Å². The number of hydrogen-bond acceptors (Lipinski definition) is 3. The van der Waals surface area contributed by atoms with Crippen LogP contribution >= 0.6 is 10.4 Å². The second-order valence-electron chi connectivity index (χ2n) is 2.95. The second-order valence-corrected chi connectivity index (χ2v) is 5.10. The number of aromatic hydroxyl groups is 1. The Bertz CT molecular complexity index is 442. The van der Waals surface area contributed by atoms with Crippen molar-refractivity contribution in [1.82, 2.24) is 4.72 Å². The molecule has 0 aromatic heterocycles. The van der Waals surface area contributed by atoms with Crippen LogP contribution in [0.2, 0.25) is 0 Å². The van der Waals surface area contributed by atoms with Gasteiger partial charge in [-0.1, -0.05) is 19.4 Å². The second kappa shape index (κ2) is 3.15. The van der Waals surface area contributed by atoms with Crippen LogP contribution in [0.15, 0.2) is 24.3 Å². The van der Waals surface area contributed by atoms with Gasteiger partial charge < -0.3 is 9.84 Å². The maximum Gasteiger partial charge on any atom is 0.429 e. The summed E-state index contributed by atoms with van der Waals surface area (Å²) in [7, 11) is -10.1. The molecule has 0 bridgehead atoms. The van der Waals surface area contributed by atoms with Gasteiger partial charge in [0.25, 0.3) is 0 Å². The van der Waals surface area contributed by atoms with E-state index in [4.69, 9.17) is 5.11 Å². The highest BCUT2D eigenvalue weighted by Gasteiger charge is 2.65. The zero-order valence-corrected chi connectivity index (χ0v) is 8.69. The molecule has 4 nitrogen and oxygen atoms in total. The largest absolute Gasteiger partial charge is 0.508 e. The van der Waals surface area contributed by atoms with Crippen molar-refractivity contribution >= 4 is 16.5 Å². The van der Waals surface area contributed by atoms with E-state index in [1.54, 1.807) is 0 Å². The first-order valence-electron chi connectivity index (χ1n) is 3.88. The fourth-order valence-corrected chi connectivity index (χ4v) is 1.16. The van der Waals surface area contributed by atoms with Crippen molar-refractivity contribution in [3.63, 3.8) is 0 Å². The summed E-state index contributed by atoms with van der Waals surface area (Å²) >= 11 is 0. The Morgan fingerprint density at radius 2 is 1.59 bits per heavy atom. The van der Waals surface area contributed by atoms with Gasteiger partial charge in [0, 0.05) is 0 Å². The van der Waals surface area contributed by atoms with Gasteiger partial charge in [0.2, 0.25) is 0 Å². The molecule has 0 unspecified atom stereocenters. The Kier molecular flexibility index (Phi) is 2.48. The monoisotopic (exact) mass is 279 g/mol. The van der Waals surface area contributed by atoms with Gasteiger partial charge in [-0.3, -0.25) is 0 Å². The number of hydrogen-bond donors (Lipinski definition) is 2. The lowest BCUT2D eigenvalue weighted by atomic mass is 10.3. The number of benzene rings is 1. The molecule has 0 aliphatic carbocycles. The molecule has 1 rings (SSSR count). The van der Waals surface area contributed by atoms with Crippen molar-refractivity contribution in [3.05, 3.63) is 24.3 Å². The Hall–Kier alpha value is -1.71. The average Bonchev–Trinajstić information content (AvgIpc) is 2.03. The Morgan fingerprint density at radius 3 is 2.00 bits per heavy atom. The number of phenolic OH excluding ortho intramolecular Hbond substituents is 1. The molecule has 0 radical (unpaired) electrons. The fraction of sp³-hybridized carbons (Fsp3) is 0. The number of ether oxygens (including phenoxy) is 1. The van der Waals surface area contributed by atoms with Crippen molar-refractivity contribution in [2.24, 2.45) is 0 Å². The molecule has 0 saturated carbocycles. The molecule has 0 aliphatic heterocycles. The van der Waals surface area contributed by atoms with E-state index in [1.165, 1.54) is 0 Å². The number of amides is 1. The number of nitrogens with one attached hydrogen (secondary N) is 1. The van der Waals surface area contributed by atoms with Gasteiger partial charge >= 0.3 is 16.5 Å². The third-order valence-electron chi connectivity index (χ3n) is 1.32. The van der Waals surface area contributed by atoms with Crippen LogP contribution in [-0.4, -0.2) is 11.2 Å². The number of rotatable bonds is 2. The van der Waals surface area contributed by atoms with Gasteiger partial charge in [-0.25, -0.2) is 4.79 Å². The summed E-state index contributed by atoms with van der Waals surface area (Å²) in [4.78, 5) is 10.6. The molecule has 10 heteroatoms. The van der Waals surface area contributed by atoms with Crippen LogP contribution in [0, 0.1) is 0 Å². The zero-order valence-electron chi connectivity index (χ0n) is 7.87. The molecule has 0 atom stereocenters. The summed E-state index contributed by atoms with van der Waals surface area (Å²) in [5, 5.41) is 8.81. The third-order valence-corrected chi connectivity index (χ3v) is 1.88. The number of halogens is 5. The van der Waals surface area contributed by atoms with E-state index in [9.17, 15) is 24.2 Å². The summed E-state index contributed by atoms with van der Waals surface area (Å²) in [6.07, 6.45) is -2.35. The van der Waals surface area contributed by atoms with Crippen LogP contribution < -0.4 is 9.46 Å². The highest BCUT2D eigenvalue weighted by Crippen LogP contribution is 2.94. The normalized spacial score (nSPS) is 15.6. The summed E-state index contributed by atoms with van der Waals surface area (Å²) < 4.78 is 62.4. The van der Waals surface area contributed by atoms with Gasteiger partial charge in [0.1, 0.15) is 11.5 Å². The Morgan fingerprint density at radius 1 is 1.12 bits per heavy atom. The van der Waals surface area contributed by atoms with E-state index in [1.807, 2.05) is 0 Å². The summed E-state index contributed by atoms with van der Waals surface area (Å²) in [6, 6.07) is 3.87. The van der Waals surface area contributed by atoms with Crippen molar-refractivity contribution < 1.29 is 34.1 Å². The van der Waals surface area contributed by atoms with Gasteiger partial charge in [0.15, 0.2) is 0 Å². The van der Waals surface area contributed by atoms with Crippen molar-refractivity contribution in [2.45, 2.75) is 0 Å². The number of carbonyl (C=O) groups is 1. The third kappa shape index (κ3) is 5.80. The lowest BCUT2D eigenvalue weighted by Crippen LogP contribution is -2.35. The van der Waals surface area contributed by atoms with Crippen molar-refractivity contribution in [1.29, 1.82) is 0 Å². The summed E-state index contributed by atoms with van der Waals surface area (Å²) in [5.74, 6) is -0.660. The van der Waals surface area contributed by atoms with Crippen LogP contribution in [0.4, 0.5) is 24.2 Å².